The van der Waals surface area contributed by atoms with Crippen molar-refractivity contribution in [3.63, 3.8) is 0 Å². The molecule has 3 aromatic rings. The van der Waals surface area contributed by atoms with Crippen LogP contribution in [0.1, 0.15) is 25.8 Å². The summed E-state index contributed by atoms with van der Waals surface area (Å²) in [5, 5.41) is 3.20. The number of hydrogen-bond donors (Lipinski definition) is 1. The molecular formula is C27H29Cl2N3O4S. The van der Waals surface area contributed by atoms with Gasteiger partial charge in [0.15, 0.2) is 0 Å². The topological polar surface area (TPSA) is 86.8 Å². The number of nitrogens with one attached hydrogen (secondary N) is 1. The monoisotopic (exact) mass is 561 g/mol. The zero-order valence-electron chi connectivity index (χ0n) is 20.6. The normalized spacial score (nSPS) is 12.0. The SMILES string of the molecule is CCCNC(=O)C(C)N(Cc1ccccc1)C(=O)CN(c1ccc(Cl)cc1Cl)S(=O)(=O)c1ccccc1. The maximum Gasteiger partial charge on any atom is 0.264 e. The summed E-state index contributed by atoms with van der Waals surface area (Å²) < 4.78 is 28.4. The van der Waals surface area contributed by atoms with Gasteiger partial charge in [-0.3, -0.25) is 13.9 Å². The van der Waals surface area contributed by atoms with Crippen LogP contribution >= 0.6 is 23.2 Å². The number of halogens is 2. The predicted octanol–water partition coefficient (Wildman–Crippen LogP) is 5.13. The molecule has 10 heteroatoms. The van der Waals surface area contributed by atoms with Gasteiger partial charge in [-0.05, 0) is 49.2 Å². The Labute approximate surface area is 228 Å². The predicted molar refractivity (Wildman–Crippen MR) is 147 cm³/mol. The highest BCUT2D eigenvalue weighted by molar-refractivity contribution is 7.92. The Kier molecular flexibility index (Phi) is 9.97. The van der Waals surface area contributed by atoms with Gasteiger partial charge in [0.05, 0.1) is 15.6 Å². The molecular weight excluding hydrogens is 533 g/mol. The quantitative estimate of drug-likeness (QED) is 0.351. The van der Waals surface area contributed by atoms with Gasteiger partial charge in [0.1, 0.15) is 12.6 Å². The van der Waals surface area contributed by atoms with Crippen LogP contribution in [0.5, 0.6) is 0 Å². The molecule has 1 N–H and O–H groups in total. The Morgan fingerprint density at radius 2 is 1.57 bits per heavy atom. The van der Waals surface area contributed by atoms with Crippen LogP contribution in [0, 0.1) is 0 Å². The van der Waals surface area contributed by atoms with Crippen molar-refractivity contribution in [2.24, 2.45) is 0 Å². The second kappa shape index (κ2) is 12.9. The van der Waals surface area contributed by atoms with Gasteiger partial charge in [-0.25, -0.2) is 8.42 Å². The first-order chi connectivity index (χ1) is 17.6. The molecule has 7 nitrogen and oxygen atoms in total. The molecule has 0 aromatic heterocycles. The lowest BCUT2D eigenvalue weighted by molar-refractivity contribution is -0.139. The summed E-state index contributed by atoms with van der Waals surface area (Å²) in [6.45, 7) is 3.56. The standard InChI is InChI=1S/C27H29Cl2N3O4S/c1-3-16-30-27(34)20(2)31(18-21-10-6-4-7-11-21)26(33)19-32(25-15-14-22(28)17-24(25)29)37(35,36)23-12-8-5-9-13-23/h4-15,17,20H,3,16,18-19H2,1-2H3,(H,30,34). The van der Waals surface area contributed by atoms with Crippen molar-refractivity contribution in [2.45, 2.75) is 37.8 Å². The largest absolute Gasteiger partial charge is 0.354 e. The number of hydrogen-bond acceptors (Lipinski definition) is 4. The molecule has 0 aliphatic heterocycles. The fourth-order valence-corrected chi connectivity index (χ4v) is 5.69. The average molecular weight is 563 g/mol. The lowest BCUT2D eigenvalue weighted by Crippen LogP contribution is -2.51. The van der Waals surface area contributed by atoms with E-state index in [1.165, 1.54) is 35.2 Å². The molecule has 0 fully saturated rings. The number of rotatable bonds is 11. The minimum absolute atomic E-state index is 0.00263. The molecule has 0 aliphatic rings. The first kappa shape index (κ1) is 28.5. The molecule has 1 unspecified atom stereocenters. The summed E-state index contributed by atoms with van der Waals surface area (Å²) in [5.74, 6) is -0.887. The van der Waals surface area contributed by atoms with Crippen LogP contribution < -0.4 is 9.62 Å². The number of benzene rings is 3. The lowest BCUT2D eigenvalue weighted by atomic mass is 10.1. The van der Waals surface area contributed by atoms with Crippen LogP contribution in [0.4, 0.5) is 5.69 Å². The van der Waals surface area contributed by atoms with E-state index in [4.69, 9.17) is 23.2 Å². The van der Waals surface area contributed by atoms with E-state index >= 15 is 0 Å². The molecule has 0 aliphatic carbocycles. The van der Waals surface area contributed by atoms with Gasteiger partial charge in [0, 0.05) is 18.1 Å². The summed E-state index contributed by atoms with van der Waals surface area (Å²) in [7, 11) is -4.19. The van der Waals surface area contributed by atoms with Crippen LogP contribution in [0.25, 0.3) is 0 Å². The van der Waals surface area contributed by atoms with Crippen molar-refractivity contribution < 1.29 is 18.0 Å². The number of carbonyl (C=O) groups excluding carboxylic acids is 2. The molecule has 196 valence electrons. The van der Waals surface area contributed by atoms with Crippen LogP contribution in [-0.4, -0.2) is 44.3 Å². The smallest absolute Gasteiger partial charge is 0.264 e. The van der Waals surface area contributed by atoms with E-state index in [1.54, 1.807) is 25.1 Å². The van der Waals surface area contributed by atoms with Crippen molar-refractivity contribution in [3.05, 3.63) is 94.5 Å². The lowest BCUT2D eigenvalue weighted by Gasteiger charge is -2.32. The Balaban J connectivity index is 2.03. The van der Waals surface area contributed by atoms with E-state index in [1.807, 2.05) is 37.3 Å². The first-order valence-corrected chi connectivity index (χ1v) is 14.0. The van der Waals surface area contributed by atoms with Crippen molar-refractivity contribution in [1.29, 1.82) is 0 Å². The molecule has 0 spiro atoms. The minimum Gasteiger partial charge on any atom is -0.354 e. The first-order valence-electron chi connectivity index (χ1n) is 11.8. The Morgan fingerprint density at radius 1 is 0.946 bits per heavy atom. The third kappa shape index (κ3) is 7.25. The van der Waals surface area contributed by atoms with Crippen LogP contribution in [-0.2, 0) is 26.2 Å². The fraction of sp³-hybridized carbons (Fsp3) is 0.259. The van der Waals surface area contributed by atoms with Gasteiger partial charge in [-0.2, -0.15) is 0 Å². The molecule has 0 heterocycles. The summed E-state index contributed by atoms with van der Waals surface area (Å²) in [6.07, 6.45) is 0.739. The highest BCUT2D eigenvalue weighted by Crippen LogP contribution is 2.33. The maximum absolute atomic E-state index is 13.8. The minimum atomic E-state index is -4.19. The van der Waals surface area contributed by atoms with Gasteiger partial charge in [0.2, 0.25) is 11.8 Å². The third-order valence-electron chi connectivity index (χ3n) is 5.70. The summed E-state index contributed by atoms with van der Waals surface area (Å²) in [4.78, 5) is 28.0. The fourth-order valence-electron chi connectivity index (χ4n) is 3.68. The van der Waals surface area contributed by atoms with Gasteiger partial charge >= 0.3 is 0 Å². The average Bonchev–Trinajstić information content (AvgIpc) is 2.90. The summed E-state index contributed by atoms with van der Waals surface area (Å²) in [6, 6.07) is 20.5. The molecule has 0 radical (unpaired) electrons. The molecule has 2 amide bonds. The summed E-state index contributed by atoms with van der Waals surface area (Å²) in [5.41, 5.74) is 0.902. The Hall–Kier alpha value is -3.07. The number of sulfonamides is 1. The van der Waals surface area contributed by atoms with Crippen LogP contribution in [0.2, 0.25) is 10.0 Å². The van der Waals surface area contributed by atoms with E-state index in [0.29, 0.717) is 11.6 Å². The van der Waals surface area contributed by atoms with Crippen LogP contribution in [0.15, 0.2) is 83.8 Å². The van der Waals surface area contributed by atoms with Gasteiger partial charge in [-0.1, -0.05) is 78.7 Å². The number of nitrogens with zero attached hydrogens (tertiary/aromatic N) is 2. The van der Waals surface area contributed by atoms with E-state index < -0.39 is 28.5 Å². The number of anilines is 1. The molecule has 37 heavy (non-hydrogen) atoms. The third-order valence-corrected chi connectivity index (χ3v) is 8.01. The maximum atomic E-state index is 13.8. The van der Waals surface area contributed by atoms with E-state index in [0.717, 1.165) is 16.3 Å². The van der Waals surface area contributed by atoms with Gasteiger partial charge in [0.25, 0.3) is 10.0 Å². The van der Waals surface area contributed by atoms with Gasteiger partial charge in [-0.15, -0.1) is 0 Å². The van der Waals surface area contributed by atoms with E-state index in [-0.39, 0.29) is 28.1 Å². The molecule has 0 bridgehead atoms. The van der Waals surface area contributed by atoms with E-state index in [9.17, 15) is 18.0 Å². The molecule has 0 saturated heterocycles. The number of amides is 2. The zero-order chi connectivity index (χ0) is 27.0. The van der Waals surface area contributed by atoms with Crippen molar-refractivity contribution in [1.82, 2.24) is 10.2 Å². The Morgan fingerprint density at radius 3 is 2.16 bits per heavy atom. The molecule has 3 rings (SSSR count). The van der Waals surface area contributed by atoms with E-state index in [2.05, 4.69) is 5.32 Å². The van der Waals surface area contributed by atoms with Crippen molar-refractivity contribution in [2.75, 3.05) is 17.4 Å². The second-order valence-electron chi connectivity index (χ2n) is 8.39. The van der Waals surface area contributed by atoms with Crippen molar-refractivity contribution in [3.8, 4) is 0 Å². The summed E-state index contributed by atoms with van der Waals surface area (Å²) >= 11 is 12.4. The number of carbonyl (C=O) groups is 2. The highest BCUT2D eigenvalue weighted by Gasteiger charge is 2.33. The van der Waals surface area contributed by atoms with Gasteiger partial charge < -0.3 is 10.2 Å². The molecule has 0 saturated carbocycles. The zero-order valence-corrected chi connectivity index (χ0v) is 22.9. The van der Waals surface area contributed by atoms with Crippen molar-refractivity contribution >= 4 is 50.7 Å². The van der Waals surface area contributed by atoms with Crippen LogP contribution in [0.3, 0.4) is 0 Å². The second-order valence-corrected chi connectivity index (χ2v) is 11.1. The molecule has 3 aromatic carbocycles. The highest BCUT2D eigenvalue weighted by atomic mass is 35.5. The molecule has 1 atom stereocenters. The Bertz CT molecular complexity index is 1320.